The van der Waals surface area contributed by atoms with Crippen molar-refractivity contribution in [3.63, 3.8) is 0 Å². The number of hydrogen-bond acceptors (Lipinski definition) is 6. The van der Waals surface area contributed by atoms with Gasteiger partial charge in [-0.1, -0.05) is 42.5 Å². The van der Waals surface area contributed by atoms with Gasteiger partial charge in [-0.05, 0) is 80.6 Å². The van der Waals surface area contributed by atoms with Gasteiger partial charge in [0.25, 0.3) is 16.0 Å². The number of piperidine rings is 3. The van der Waals surface area contributed by atoms with Gasteiger partial charge < -0.3 is 9.73 Å². The Morgan fingerprint density at radius 3 is 2.47 bits per heavy atom. The Morgan fingerprint density at radius 1 is 1.08 bits per heavy atom. The van der Waals surface area contributed by atoms with Crippen LogP contribution in [0.3, 0.4) is 0 Å². The molecule has 3 aliphatic rings. The molecule has 0 saturated carbocycles. The summed E-state index contributed by atoms with van der Waals surface area (Å²) in [5, 5.41) is 4.26. The number of aryl methyl sites for hydroxylation is 1. The lowest BCUT2D eigenvalue weighted by Crippen LogP contribution is -2.64. The first-order valence-electron chi connectivity index (χ1n) is 12.7. The normalized spacial score (nSPS) is 22.5. The van der Waals surface area contributed by atoms with Crippen molar-refractivity contribution < 1.29 is 22.2 Å². The van der Waals surface area contributed by atoms with Crippen LogP contribution in [0.2, 0.25) is 0 Å². The Kier molecular flexibility index (Phi) is 7.60. The maximum Gasteiger partial charge on any atom is 0.294 e. The number of aromatic nitrogens is 1. The van der Waals surface area contributed by atoms with E-state index in [0.717, 1.165) is 43.3 Å². The Morgan fingerprint density at radius 2 is 1.82 bits per heavy atom. The number of fused-ring (bicyclic) bond motifs is 4. The van der Waals surface area contributed by atoms with Crippen LogP contribution >= 0.6 is 0 Å². The fourth-order valence-corrected chi connectivity index (χ4v) is 6.27. The van der Waals surface area contributed by atoms with Crippen LogP contribution in [0.15, 0.2) is 88.4 Å². The Balaban J connectivity index is 0.000000226. The third-order valence-corrected chi connectivity index (χ3v) is 8.47. The number of nitrogens with one attached hydrogen (secondary N) is 1. The maximum absolute atomic E-state index is 12.9. The lowest BCUT2D eigenvalue weighted by atomic mass is 9.76. The van der Waals surface area contributed by atoms with E-state index in [1.165, 1.54) is 11.6 Å². The summed E-state index contributed by atoms with van der Waals surface area (Å²) in [5.41, 5.74) is 2.52. The number of para-hydroxylation sites is 1. The Hall–Kier alpha value is -3.53. The fourth-order valence-electron chi connectivity index (χ4n) is 5.54. The smallest absolute Gasteiger partial charge is 0.294 e. The van der Waals surface area contributed by atoms with Crippen molar-refractivity contribution in [2.45, 2.75) is 43.2 Å². The van der Waals surface area contributed by atoms with Crippen molar-refractivity contribution >= 4 is 27.0 Å². The predicted molar refractivity (Wildman–Crippen MR) is 144 cm³/mol. The van der Waals surface area contributed by atoms with Gasteiger partial charge in [-0.15, -0.1) is 0 Å². The van der Waals surface area contributed by atoms with Gasteiger partial charge in [0.15, 0.2) is 5.76 Å². The molecule has 2 unspecified atom stereocenters. The van der Waals surface area contributed by atoms with Gasteiger partial charge in [-0.3, -0.25) is 19.2 Å². The molecule has 4 aromatic rings. The molecule has 3 fully saturated rings. The molecule has 0 aliphatic carbocycles. The van der Waals surface area contributed by atoms with Gasteiger partial charge in [0.2, 0.25) is 0 Å². The fraction of sp³-hybridized carbons (Fsp3) is 0.310. The van der Waals surface area contributed by atoms with Crippen LogP contribution in [0.4, 0.5) is 0 Å². The van der Waals surface area contributed by atoms with E-state index in [1.807, 2.05) is 42.6 Å². The summed E-state index contributed by atoms with van der Waals surface area (Å²) in [4.78, 5) is 19.7. The van der Waals surface area contributed by atoms with E-state index in [2.05, 4.69) is 21.3 Å². The van der Waals surface area contributed by atoms with Gasteiger partial charge in [0.1, 0.15) is 5.58 Å². The Labute approximate surface area is 222 Å². The third kappa shape index (κ3) is 5.80. The molecule has 2 aromatic heterocycles. The Bertz CT molecular complexity index is 1480. The van der Waals surface area contributed by atoms with Gasteiger partial charge in [-0.25, -0.2) is 0 Å². The molecular formula is C29H31N3O5S. The summed E-state index contributed by atoms with van der Waals surface area (Å²) in [6, 6.07) is 20.4. The van der Waals surface area contributed by atoms with Crippen LogP contribution in [0.5, 0.6) is 0 Å². The van der Waals surface area contributed by atoms with Crippen LogP contribution in [0.25, 0.3) is 11.0 Å². The number of carbonyl (C=O) groups excluding carboxylic acids is 1. The van der Waals surface area contributed by atoms with E-state index in [1.54, 1.807) is 31.3 Å². The van der Waals surface area contributed by atoms with E-state index in [0.29, 0.717) is 23.3 Å². The van der Waals surface area contributed by atoms with Crippen LogP contribution in [-0.4, -0.2) is 53.9 Å². The molecule has 1 amide bonds. The molecule has 38 heavy (non-hydrogen) atoms. The second kappa shape index (κ2) is 11.1. The second-order valence-electron chi connectivity index (χ2n) is 9.89. The van der Waals surface area contributed by atoms with Crippen LogP contribution in [0, 0.1) is 12.8 Å². The van der Waals surface area contributed by atoms with Gasteiger partial charge in [0.05, 0.1) is 4.90 Å². The van der Waals surface area contributed by atoms with Gasteiger partial charge in [0, 0.05) is 29.9 Å². The zero-order valence-electron chi connectivity index (χ0n) is 21.2. The number of carbonyl (C=O) groups is 1. The number of furan rings is 1. The molecule has 3 saturated heterocycles. The van der Waals surface area contributed by atoms with E-state index in [9.17, 15) is 13.2 Å². The van der Waals surface area contributed by atoms with Crippen molar-refractivity contribution in [2.75, 3.05) is 13.1 Å². The average Bonchev–Trinajstić information content (AvgIpc) is 3.36. The zero-order valence-corrected chi connectivity index (χ0v) is 22.0. The molecule has 2 aromatic carbocycles. The molecule has 5 heterocycles. The SMILES string of the molecule is Cc1ccccc1S(=O)(=O)O.O=C(NC1C2CCN(CC2)C1Cc1cccnc1)c1cc2ccccc2o1. The first-order valence-corrected chi connectivity index (χ1v) is 14.2. The summed E-state index contributed by atoms with van der Waals surface area (Å²) >= 11 is 0. The number of nitrogens with zero attached hydrogens (tertiary/aromatic N) is 2. The molecule has 2 bridgehead atoms. The summed E-state index contributed by atoms with van der Waals surface area (Å²) in [5.74, 6) is 0.818. The van der Waals surface area contributed by atoms with Crippen molar-refractivity contribution in [2.24, 2.45) is 5.92 Å². The number of pyridine rings is 1. The molecule has 198 valence electrons. The van der Waals surface area contributed by atoms with E-state index in [4.69, 9.17) is 8.97 Å². The maximum atomic E-state index is 12.9. The molecule has 3 aliphatic heterocycles. The van der Waals surface area contributed by atoms with Crippen molar-refractivity contribution in [1.82, 2.24) is 15.2 Å². The molecule has 2 atom stereocenters. The summed E-state index contributed by atoms with van der Waals surface area (Å²) in [7, 11) is -4.03. The number of rotatable bonds is 5. The molecule has 0 radical (unpaired) electrons. The number of amides is 1. The van der Waals surface area contributed by atoms with E-state index >= 15 is 0 Å². The minimum Gasteiger partial charge on any atom is -0.451 e. The summed E-state index contributed by atoms with van der Waals surface area (Å²) in [6.07, 6.45) is 6.94. The van der Waals surface area contributed by atoms with Gasteiger partial charge >= 0.3 is 0 Å². The quantitative estimate of drug-likeness (QED) is 0.363. The average molecular weight is 534 g/mol. The lowest BCUT2D eigenvalue weighted by molar-refractivity contribution is 0.0131. The number of benzene rings is 2. The van der Waals surface area contributed by atoms with E-state index < -0.39 is 10.1 Å². The van der Waals surface area contributed by atoms with Crippen LogP contribution in [0.1, 0.15) is 34.5 Å². The van der Waals surface area contributed by atoms with Crippen LogP contribution in [-0.2, 0) is 16.5 Å². The monoisotopic (exact) mass is 533 g/mol. The molecule has 0 spiro atoms. The molecule has 2 N–H and O–H groups in total. The first-order chi connectivity index (χ1) is 18.3. The highest BCUT2D eigenvalue weighted by Gasteiger charge is 2.43. The topological polar surface area (TPSA) is 113 Å². The van der Waals surface area contributed by atoms with E-state index in [-0.39, 0.29) is 16.8 Å². The standard InChI is InChI=1S/C22H23N3O2.C7H8O3S/c26-22(20-13-17-5-1-2-6-19(17)27-20)24-21-16-7-10-25(11-8-16)18(21)12-15-4-3-9-23-14-15;1-6-4-2-3-5-7(6)11(8,9)10/h1-6,9,13-14,16,18,21H,7-8,10-12H2,(H,24,26);2-5H,1H3,(H,8,9,10). The molecule has 9 heteroatoms. The van der Waals surface area contributed by atoms with Gasteiger partial charge in [-0.2, -0.15) is 8.42 Å². The summed E-state index contributed by atoms with van der Waals surface area (Å²) in [6.45, 7) is 3.86. The van der Waals surface area contributed by atoms with Crippen LogP contribution < -0.4 is 5.32 Å². The molecular weight excluding hydrogens is 502 g/mol. The highest BCUT2D eigenvalue weighted by Crippen LogP contribution is 2.34. The highest BCUT2D eigenvalue weighted by atomic mass is 32.2. The molecule has 8 nitrogen and oxygen atoms in total. The van der Waals surface area contributed by atoms with Crippen molar-refractivity contribution in [3.05, 3.63) is 96.0 Å². The minimum atomic E-state index is -4.03. The minimum absolute atomic E-state index is 0.0278. The zero-order chi connectivity index (χ0) is 26.7. The second-order valence-corrected chi connectivity index (χ2v) is 11.3. The lowest BCUT2D eigenvalue weighted by Gasteiger charge is -2.51. The van der Waals surface area contributed by atoms with Crippen molar-refractivity contribution in [1.29, 1.82) is 0 Å². The highest BCUT2D eigenvalue weighted by molar-refractivity contribution is 7.85. The first kappa shape index (κ1) is 26.1. The summed E-state index contributed by atoms with van der Waals surface area (Å²) < 4.78 is 35.6. The largest absolute Gasteiger partial charge is 0.451 e. The third-order valence-electron chi connectivity index (χ3n) is 7.45. The van der Waals surface area contributed by atoms with Crippen molar-refractivity contribution in [3.8, 4) is 0 Å². The molecule has 7 rings (SSSR count). The predicted octanol–water partition coefficient (Wildman–Crippen LogP) is 4.50. The number of hydrogen-bond donors (Lipinski definition) is 2.